The summed E-state index contributed by atoms with van der Waals surface area (Å²) in [6, 6.07) is 2.08. The fourth-order valence-electron chi connectivity index (χ4n) is 1.42. The largest absolute Gasteiger partial charge is 0.362 e. The van der Waals surface area contributed by atoms with Gasteiger partial charge < -0.3 is 9.97 Å². The zero-order valence-corrected chi connectivity index (χ0v) is 6.81. The molecule has 0 bridgehead atoms. The Labute approximate surface area is 65.6 Å². The monoisotopic (exact) mass is 148 g/mol. The van der Waals surface area contributed by atoms with Crippen LogP contribution in [0.3, 0.4) is 0 Å². The first-order valence-corrected chi connectivity index (χ1v) is 3.93. The Morgan fingerprint density at radius 3 is 2.82 bits per heavy atom. The number of nitrogens with one attached hydrogen (secondary N) is 2. The van der Waals surface area contributed by atoms with E-state index >= 15 is 0 Å². The summed E-state index contributed by atoms with van der Waals surface area (Å²) in [4.78, 5) is 6.48. The maximum Gasteiger partial charge on any atom is 0.0667 e. The normalized spacial score (nSPS) is 11.5. The topological polar surface area (TPSA) is 31.6 Å². The summed E-state index contributed by atoms with van der Waals surface area (Å²) in [5.74, 6) is 0.561. The first-order chi connectivity index (χ1) is 5.29. The molecule has 2 N–H and O–H groups in total. The standard InChI is InChI=1S/C9H12N2/c1-6(2)8-9-7(5-11-8)3-4-10-9/h3-6,10-11H,1-2H3. The van der Waals surface area contributed by atoms with Crippen LogP contribution in [-0.2, 0) is 0 Å². The van der Waals surface area contributed by atoms with Gasteiger partial charge in [0.05, 0.1) is 5.52 Å². The third-order valence-electron chi connectivity index (χ3n) is 2.01. The van der Waals surface area contributed by atoms with Crippen molar-refractivity contribution >= 4 is 10.9 Å². The van der Waals surface area contributed by atoms with Gasteiger partial charge >= 0.3 is 0 Å². The molecule has 2 heteroatoms. The van der Waals surface area contributed by atoms with E-state index in [9.17, 15) is 0 Å². The first-order valence-electron chi connectivity index (χ1n) is 3.93. The molecule has 0 aliphatic heterocycles. The van der Waals surface area contributed by atoms with Crippen molar-refractivity contribution in [1.82, 2.24) is 9.97 Å². The lowest BCUT2D eigenvalue weighted by atomic mass is 10.1. The van der Waals surface area contributed by atoms with Crippen LogP contribution in [0.1, 0.15) is 25.5 Å². The molecule has 0 radical (unpaired) electrons. The Kier molecular flexibility index (Phi) is 1.28. The molecule has 2 heterocycles. The van der Waals surface area contributed by atoms with Crippen molar-refractivity contribution in [2.75, 3.05) is 0 Å². The van der Waals surface area contributed by atoms with Gasteiger partial charge in [-0.1, -0.05) is 13.8 Å². The average Bonchev–Trinajstić information content (AvgIpc) is 2.41. The van der Waals surface area contributed by atoms with Crippen molar-refractivity contribution in [3.63, 3.8) is 0 Å². The molecule has 0 atom stereocenters. The average molecular weight is 148 g/mol. The van der Waals surface area contributed by atoms with E-state index in [1.807, 2.05) is 12.4 Å². The van der Waals surface area contributed by atoms with Gasteiger partial charge in [0.25, 0.3) is 0 Å². The van der Waals surface area contributed by atoms with E-state index in [-0.39, 0.29) is 0 Å². The van der Waals surface area contributed by atoms with Crippen molar-refractivity contribution in [2.45, 2.75) is 19.8 Å². The van der Waals surface area contributed by atoms with E-state index in [2.05, 4.69) is 29.9 Å². The highest BCUT2D eigenvalue weighted by atomic mass is 14.8. The van der Waals surface area contributed by atoms with Crippen LogP contribution >= 0.6 is 0 Å². The zero-order chi connectivity index (χ0) is 7.84. The second-order valence-electron chi connectivity index (χ2n) is 3.17. The molecular weight excluding hydrogens is 136 g/mol. The van der Waals surface area contributed by atoms with E-state index in [0.717, 1.165) is 0 Å². The smallest absolute Gasteiger partial charge is 0.0667 e. The van der Waals surface area contributed by atoms with Gasteiger partial charge in [0, 0.05) is 23.5 Å². The first kappa shape index (κ1) is 6.53. The van der Waals surface area contributed by atoms with Crippen molar-refractivity contribution in [3.8, 4) is 0 Å². The molecule has 0 fully saturated rings. The quantitative estimate of drug-likeness (QED) is 0.623. The fourth-order valence-corrected chi connectivity index (χ4v) is 1.42. The van der Waals surface area contributed by atoms with Gasteiger partial charge in [0.1, 0.15) is 0 Å². The second kappa shape index (κ2) is 2.16. The van der Waals surface area contributed by atoms with Gasteiger partial charge in [-0.05, 0) is 12.0 Å². The van der Waals surface area contributed by atoms with Crippen molar-refractivity contribution in [1.29, 1.82) is 0 Å². The SMILES string of the molecule is CC(C)c1[nH]cc2cc[nH]c12. The Balaban J connectivity index is 2.68. The van der Waals surface area contributed by atoms with Crippen LogP contribution in [0.2, 0.25) is 0 Å². The molecule has 0 saturated carbocycles. The lowest BCUT2D eigenvalue weighted by Gasteiger charge is -1.99. The summed E-state index contributed by atoms with van der Waals surface area (Å²) in [7, 11) is 0. The maximum atomic E-state index is 3.26. The molecule has 58 valence electrons. The molecule has 0 aliphatic rings. The van der Waals surface area contributed by atoms with Gasteiger partial charge in [0.15, 0.2) is 0 Å². The van der Waals surface area contributed by atoms with Crippen LogP contribution in [0, 0.1) is 0 Å². The minimum Gasteiger partial charge on any atom is -0.362 e. The highest BCUT2D eigenvalue weighted by Gasteiger charge is 2.06. The van der Waals surface area contributed by atoms with Crippen molar-refractivity contribution in [3.05, 3.63) is 24.2 Å². The number of rotatable bonds is 1. The van der Waals surface area contributed by atoms with Crippen LogP contribution in [0.25, 0.3) is 10.9 Å². The molecule has 0 unspecified atom stereocenters. The molecule has 0 spiro atoms. The molecule has 2 nitrogen and oxygen atoms in total. The minimum absolute atomic E-state index is 0.561. The Morgan fingerprint density at radius 2 is 2.09 bits per heavy atom. The molecule has 0 aliphatic carbocycles. The number of hydrogen-bond donors (Lipinski definition) is 2. The van der Waals surface area contributed by atoms with Gasteiger partial charge in [0.2, 0.25) is 0 Å². The molecule has 2 aromatic rings. The summed E-state index contributed by atoms with van der Waals surface area (Å²) in [5, 5.41) is 1.27. The Hall–Kier alpha value is -1.18. The fraction of sp³-hybridized carbons (Fsp3) is 0.333. The second-order valence-corrected chi connectivity index (χ2v) is 3.17. The number of fused-ring (bicyclic) bond motifs is 1. The van der Waals surface area contributed by atoms with Crippen LogP contribution in [0.4, 0.5) is 0 Å². The highest BCUT2D eigenvalue weighted by Crippen LogP contribution is 2.22. The Morgan fingerprint density at radius 1 is 1.27 bits per heavy atom. The summed E-state index contributed by atoms with van der Waals surface area (Å²) < 4.78 is 0. The van der Waals surface area contributed by atoms with Crippen molar-refractivity contribution in [2.24, 2.45) is 0 Å². The van der Waals surface area contributed by atoms with Crippen LogP contribution in [0.15, 0.2) is 18.5 Å². The lowest BCUT2D eigenvalue weighted by molar-refractivity contribution is 0.838. The summed E-state index contributed by atoms with van der Waals surface area (Å²) in [6.45, 7) is 4.37. The molecule has 2 rings (SSSR count). The molecular formula is C9H12N2. The van der Waals surface area contributed by atoms with Crippen molar-refractivity contribution < 1.29 is 0 Å². The number of aromatic nitrogens is 2. The molecule has 2 aromatic heterocycles. The summed E-state index contributed by atoms with van der Waals surface area (Å²) in [6.07, 6.45) is 4.02. The third kappa shape index (κ3) is 0.862. The van der Waals surface area contributed by atoms with E-state index in [0.29, 0.717) is 5.92 Å². The summed E-state index contributed by atoms with van der Waals surface area (Å²) in [5.41, 5.74) is 2.55. The van der Waals surface area contributed by atoms with E-state index in [1.54, 1.807) is 0 Å². The maximum absolute atomic E-state index is 3.26. The van der Waals surface area contributed by atoms with E-state index in [1.165, 1.54) is 16.6 Å². The zero-order valence-electron chi connectivity index (χ0n) is 6.81. The number of aromatic amines is 2. The number of H-pyrrole nitrogens is 2. The third-order valence-corrected chi connectivity index (χ3v) is 2.01. The molecule has 0 saturated heterocycles. The predicted octanol–water partition coefficient (Wildman–Crippen LogP) is 2.62. The minimum atomic E-state index is 0.561. The van der Waals surface area contributed by atoms with Gasteiger partial charge in [-0.2, -0.15) is 0 Å². The molecule has 0 amide bonds. The van der Waals surface area contributed by atoms with Crippen LogP contribution in [-0.4, -0.2) is 9.97 Å². The van der Waals surface area contributed by atoms with E-state index in [4.69, 9.17) is 0 Å². The van der Waals surface area contributed by atoms with Gasteiger partial charge in [-0.3, -0.25) is 0 Å². The van der Waals surface area contributed by atoms with Gasteiger partial charge in [-0.15, -0.1) is 0 Å². The number of hydrogen-bond acceptors (Lipinski definition) is 0. The van der Waals surface area contributed by atoms with Crippen LogP contribution in [0.5, 0.6) is 0 Å². The highest BCUT2D eigenvalue weighted by molar-refractivity contribution is 5.82. The van der Waals surface area contributed by atoms with Gasteiger partial charge in [-0.25, -0.2) is 0 Å². The predicted molar refractivity (Wildman–Crippen MR) is 46.7 cm³/mol. The lowest BCUT2D eigenvalue weighted by Crippen LogP contribution is -1.86. The molecule has 0 aromatic carbocycles. The van der Waals surface area contributed by atoms with Crippen LogP contribution < -0.4 is 0 Å². The van der Waals surface area contributed by atoms with E-state index < -0.39 is 0 Å². The summed E-state index contributed by atoms with van der Waals surface area (Å²) >= 11 is 0. The Bertz CT molecular complexity index is 354. The molecule has 11 heavy (non-hydrogen) atoms.